The largest absolute Gasteiger partial charge is 0.359 e. The van der Waals surface area contributed by atoms with Crippen LogP contribution in [-0.2, 0) is 24.8 Å². The molecule has 9 heteroatoms. The number of hydrogen-bond acceptors (Lipinski definition) is 6. The van der Waals surface area contributed by atoms with Gasteiger partial charge in [0.2, 0.25) is 11.8 Å². The van der Waals surface area contributed by atoms with Gasteiger partial charge in [-0.3, -0.25) is 9.59 Å². The van der Waals surface area contributed by atoms with Crippen LogP contribution in [0, 0.1) is 5.92 Å². The molecule has 2 amide bonds. The predicted octanol–water partition coefficient (Wildman–Crippen LogP) is 2.12. The predicted molar refractivity (Wildman–Crippen MR) is 105 cm³/mol. The number of nitrogens with zero attached hydrogens (tertiary/aromatic N) is 2. The first-order valence-corrected chi connectivity index (χ1v) is 11.7. The summed E-state index contributed by atoms with van der Waals surface area (Å²) in [7, 11) is -3.02. The summed E-state index contributed by atoms with van der Waals surface area (Å²) >= 11 is 0. The van der Waals surface area contributed by atoms with Crippen molar-refractivity contribution in [3.8, 4) is 0 Å². The van der Waals surface area contributed by atoms with Crippen LogP contribution in [0.4, 0.5) is 5.82 Å². The topological polar surface area (TPSA) is 110 Å². The van der Waals surface area contributed by atoms with Gasteiger partial charge in [0.1, 0.15) is 11.8 Å². The van der Waals surface area contributed by atoms with E-state index in [4.69, 9.17) is 4.52 Å². The van der Waals surface area contributed by atoms with Crippen molar-refractivity contribution in [1.82, 2.24) is 10.1 Å². The van der Waals surface area contributed by atoms with Gasteiger partial charge in [-0.25, -0.2) is 8.42 Å². The second kappa shape index (κ2) is 7.85. The fourth-order valence-electron chi connectivity index (χ4n) is 3.80. The SMILES string of the molecule is CC(C)(C)c1cc(NC(=O)[C@@H]2CCCCN2C(=O)CC2CCS(=O)(=O)C2)no1. The highest BCUT2D eigenvalue weighted by atomic mass is 32.2. The van der Waals surface area contributed by atoms with Crippen molar-refractivity contribution in [2.24, 2.45) is 5.92 Å². The Hall–Kier alpha value is -1.90. The highest BCUT2D eigenvalue weighted by Gasteiger charge is 2.36. The van der Waals surface area contributed by atoms with Gasteiger partial charge in [-0.15, -0.1) is 0 Å². The Bertz CT molecular complexity index is 840. The number of carbonyl (C=O) groups excluding carboxylic acids is 2. The Kier molecular flexibility index (Phi) is 5.84. The van der Waals surface area contributed by atoms with Crippen molar-refractivity contribution in [2.45, 2.75) is 64.3 Å². The van der Waals surface area contributed by atoms with E-state index in [9.17, 15) is 18.0 Å². The van der Waals surface area contributed by atoms with Gasteiger partial charge in [-0.05, 0) is 31.6 Å². The molecule has 0 saturated carbocycles. The number of aromatic nitrogens is 1. The van der Waals surface area contributed by atoms with Crippen LogP contribution in [0.1, 0.15) is 58.6 Å². The fourth-order valence-corrected chi connectivity index (χ4v) is 5.66. The van der Waals surface area contributed by atoms with Crippen LogP contribution >= 0.6 is 0 Å². The normalized spacial score (nSPS) is 24.9. The Morgan fingerprint density at radius 3 is 2.64 bits per heavy atom. The molecule has 1 aromatic heterocycles. The van der Waals surface area contributed by atoms with E-state index >= 15 is 0 Å². The van der Waals surface area contributed by atoms with Gasteiger partial charge in [0, 0.05) is 24.4 Å². The van der Waals surface area contributed by atoms with Crippen molar-refractivity contribution in [1.29, 1.82) is 0 Å². The number of piperidine rings is 1. The van der Waals surface area contributed by atoms with Crippen LogP contribution in [0.3, 0.4) is 0 Å². The molecule has 0 spiro atoms. The van der Waals surface area contributed by atoms with Crippen LogP contribution in [0.15, 0.2) is 10.6 Å². The molecule has 1 N–H and O–H groups in total. The molecule has 3 heterocycles. The summed E-state index contributed by atoms with van der Waals surface area (Å²) in [6.45, 7) is 6.49. The van der Waals surface area contributed by atoms with E-state index in [1.54, 1.807) is 11.0 Å². The summed E-state index contributed by atoms with van der Waals surface area (Å²) in [5.74, 6) is 0.665. The molecule has 2 saturated heterocycles. The Morgan fingerprint density at radius 1 is 1.29 bits per heavy atom. The van der Waals surface area contributed by atoms with E-state index in [1.165, 1.54) is 0 Å². The number of amides is 2. The van der Waals surface area contributed by atoms with Crippen LogP contribution < -0.4 is 5.32 Å². The number of sulfone groups is 1. The zero-order valence-corrected chi connectivity index (χ0v) is 17.5. The number of likely N-dealkylation sites (tertiary alicyclic amines) is 1. The Labute approximate surface area is 165 Å². The van der Waals surface area contributed by atoms with Crippen LogP contribution in [0.5, 0.6) is 0 Å². The van der Waals surface area contributed by atoms with Crippen LogP contribution in [0.2, 0.25) is 0 Å². The first-order valence-electron chi connectivity index (χ1n) is 9.83. The minimum atomic E-state index is -3.02. The summed E-state index contributed by atoms with van der Waals surface area (Å²) in [5, 5.41) is 6.67. The van der Waals surface area contributed by atoms with Gasteiger partial charge < -0.3 is 14.7 Å². The second-order valence-electron chi connectivity index (χ2n) is 8.89. The van der Waals surface area contributed by atoms with Gasteiger partial charge in [-0.1, -0.05) is 25.9 Å². The maximum absolute atomic E-state index is 12.8. The van der Waals surface area contributed by atoms with Crippen LogP contribution in [-0.4, -0.2) is 54.4 Å². The molecule has 0 bridgehead atoms. The number of anilines is 1. The molecule has 28 heavy (non-hydrogen) atoms. The van der Waals surface area contributed by atoms with Crippen LogP contribution in [0.25, 0.3) is 0 Å². The lowest BCUT2D eigenvalue weighted by Crippen LogP contribution is -2.50. The smallest absolute Gasteiger partial charge is 0.248 e. The molecule has 2 atom stereocenters. The van der Waals surface area contributed by atoms with Crippen molar-refractivity contribution >= 4 is 27.5 Å². The molecule has 8 nitrogen and oxygen atoms in total. The molecular formula is C19H29N3O5S. The summed E-state index contributed by atoms with van der Waals surface area (Å²) in [6, 6.07) is 1.14. The van der Waals surface area contributed by atoms with Gasteiger partial charge in [0.15, 0.2) is 15.7 Å². The molecule has 156 valence electrons. The molecule has 0 aromatic carbocycles. The lowest BCUT2D eigenvalue weighted by molar-refractivity contribution is -0.141. The lowest BCUT2D eigenvalue weighted by atomic mass is 9.93. The maximum Gasteiger partial charge on any atom is 0.248 e. The third-order valence-electron chi connectivity index (χ3n) is 5.42. The van der Waals surface area contributed by atoms with Crippen molar-refractivity contribution in [3.63, 3.8) is 0 Å². The quantitative estimate of drug-likeness (QED) is 0.813. The van der Waals surface area contributed by atoms with Crippen molar-refractivity contribution in [3.05, 3.63) is 11.8 Å². The molecule has 0 aliphatic carbocycles. The molecule has 2 aliphatic heterocycles. The number of rotatable bonds is 4. The van der Waals surface area contributed by atoms with E-state index in [1.807, 2.05) is 20.8 Å². The minimum Gasteiger partial charge on any atom is -0.359 e. The van der Waals surface area contributed by atoms with Crippen molar-refractivity contribution in [2.75, 3.05) is 23.4 Å². The minimum absolute atomic E-state index is 0.0674. The first kappa shape index (κ1) is 20.8. The molecule has 2 fully saturated rings. The molecular weight excluding hydrogens is 382 g/mol. The molecule has 1 unspecified atom stereocenters. The lowest BCUT2D eigenvalue weighted by Gasteiger charge is -2.35. The number of nitrogens with one attached hydrogen (secondary N) is 1. The number of hydrogen-bond donors (Lipinski definition) is 1. The van der Waals surface area contributed by atoms with E-state index < -0.39 is 15.9 Å². The summed E-state index contributed by atoms with van der Waals surface area (Å²) in [5.41, 5.74) is -0.218. The van der Waals surface area contributed by atoms with E-state index in [-0.39, 0.29) is 41.1 Å². The molecule has 2 aliphatic rings. The Balaban J connectivity index is 1.64. The van der Waals surface area contributed by atoms with Gasteiger partial charge >= 0.3 is 0 Å². The molecule has 0 radical (unpaired) electrons. The molecule has 1 aromatic rings. The fraction of sp³-hybridized carbons (Fsp3) is 0.737. The standard InChI is InChI=1S/C19H29N3O5S/c1-19(2,3)15-11-16(21-27-15)20-18(24)14-6-4-5-8-22(14)17(23)10-13-7-9-28(25,26)12-13/h11,13-14H,4-10,12H2,1-3H3,(H,20,21,24)/t13?,14-/m0/s1. The van der Waals surface area contributed by atoms with E-state index in [0.717, 1.165) is 12.8 Å². The Morgan fingerprint density at radius 2 is 2.04 bits per heavy atom. The summed E-state index contributed by atoms with van der Waals surface area (Å²) in [4.78, 5) is 27.2. The van der Waals surface area contributed by atoms with E-state index in [2.05, 4.69) is 10.5 Å². The third kappa shape index (κ3) is 4.92. The maximum atomic E-state index is 12.8. The molecule has 3 rings (SSSR count). The summed E-state index contributed by atoms with van der Waals surface area (Å²) < 4.78 is 28.6. The third-order valence-corrected chi connectivity index (χ3v) is 7.25. The van der Waals surface area contributed by atoms with Gasteiger partial charge in [0.05, 0.1) is 11.5 Å². The zero-order valence-electron chi connectivity index (χ0n) is 16.7. The van der Waals surface area contributed by atoms with E-state index in [0.29, 0.717) is 31.0 Å². The zero-order chi connectivity index (χ0) is 20.5. The average Bonchev–Trinajstić information content (AvgIpc) is 3.21. The highest BCUT2D eigenvalue weighted by Crippen LogP contribution is 2.27. The summed E-state index contributed by atoms with van der Waals surface area (Å²) in [6.07, 6.45) is 3.00. The van der Waals surface area contributed by atoms with Crippen molar-refractivity contribution < 1.29 is 22.5 Å². The monoisotopic (exact) mass is 411 g/mol. The van der Waals surface area contributed by atoms with Gasteiger partial charge in [-0.2, -0.15) is 0 Å². The van der Waals surface area contributed by atoms with Gasteiger partial charge in [0.25, 0.3) is 0 Å². The highest BCUT2D eigenvalue weighted by molar-refractivity contribution is 7.91. The second-order valence-corrected chi connectivity index (χ2v) is 11.1. The first-order chi connectivity index (χ1) is 13.0. The average molecular weight is 412 g/mol. The number of carbonyl (C=O) groups is 2.